The number of nitrogens with zero attached hydrogens (tertiary/aromatic N) is 5. The van der Waals surface area contributed by atoms with Gasteiger partial charge in [0.05, 0.1) is 17.6 Å². The molecule has 4 rings (SSSR count). The Labute approximate surface area is 169 Å². The molecule has 0 aliphatic carbocycles. The highest BCUT2D eigenvalue weighted by Gasteiger charge is 2.20. The van der Waals surface area contributed by atoms with Crippen LogP contribution < -0.4 is 5.32 Å². The van der Waals surface area contributed by atoms with Gasteiger partial charge in [0.25, 0.3) is 5.91 Å². The Morgan fingerprint density at radius 1 is 0.966 bits per heavy atom. The van der Waals surface area contributed by atoms with E-state index in [0.717, 1.165) is 34.3 Å². The van der Waals surface area contributed by atoms with Crippen LogP contribution in [-0.4, -0.2) is 30.0 Å². The van der Waals surface area contributed by atoms with Crippen molar-refractivity contribution >= 4 is 11.6 Å². The first-order valence-corrected chi connectivity index (χ1v) is 9.47. The lowest BCUT2D eigenvalue weighted by Gasteiger charge is -2.13. The zero-order valence-electron chi connectivity index (χ0n) is 17.3. The van der Waals surface area contributed by atoms with Gasteiger partial charge in [-0.1, -0.05) is 6.07 Å². The summed E-state index contributed by atoms with van der Waals surface area (Å²) in [6.45, 7) is 8.00. The van der Waals surface area contributed by atoms with Crippen LogP contribution in [0.5, 0.6) is 0 Å². The summed E-state index contributed by atoms with van der Waals surface area (Å²) in [6, 6.07) is 13.7. The Bertz CT molecular complexity index is 1190. The van der Waals surface area contributed by atoms with E-state index in [4.69, 9.17) is 0 Å². The fourth-order valence-corrected chi connectivity index (χ4v) is 3.66. The van der Waals surface area contributed by atoms with Crippen molar-refractivity contribution in [3.05, 3.63) is 77.0 Å². The Hall–Kier alpha value is -3.61. The largest absolute Gasteiger partial charge is 0.322 e. The molecule has 0 saturated heterocycles. The maximum atomic E-state index is 13.1. The molecule has 0 spiro atoms. The van der Waals surface area contributed by atoms with Crippen molar-refractivity contribution in [1.82, 2.24) is 24.1 Å². The summed E-state index contributed by atoms with van der Waals surface area (Å²) in [7, 11) is 1.84. The molecule has 0 fully saturated rings. The third-order valence-corrected chi connectivity index (χ3v) is 4.99. The minimum atomic E-state index is -0.203. The first kappa shape index (κ1) is 18.7. The van der Waals surface area contributed by atoms with E-state index >= 15 is 0 Å². The molecule has 0 unspecified atom stereocenters. The highest BCUT2D eigenvalue weighted by atomic mass is 16.1. The van der Waals surface area contributed by atoms with E-state index in [2.05, 4.69) is 15.5 Å². The number of hydrogen-bond acceptors (Lipinski definition) is 3. The molecule has 1 N–H and O–H groups in total. The number of amides is 1. The normalized spacial score (nSPS) is 11.1. The maximum absolute atomic E-state index is 13.1. The van der Waals surface area contributed by atoms with Crippen LogP contribution in [0.2, 0.25) is 0 Å². The van der Waals surface area contributed by atoms with E-state index in [1.807, 2.05) is 86.5 Å². The summed E-state index contributed by atoms with van der Waals surface area (Å²) in [5, 5.41) is 11.8. The van der Waals surface area contributed by atoms with Crippen LogP contribution in [0, 0.1) is 27.7 Å². The van der Waals surface area contributed by atoms with Gasteiger partial charge in [-0.05, 0) is 64.1 Å². The maximum Gasteiger partial charge on any atom is 0.261 e. The quantitative estimate of drug-likeness (QED) is 0.577. The van der Waals surface area contributed by atoms with E-state index in [1.54, 1.807) is 10.9 Å². The summed E-state index contributed by atoms with van der Waals surface area (Å²) in [5.74, 6) is 0.545. The van der Waals surface area contributed by atoms with Gasteiger partial charge >= 0.3 is 0 Å². The SMILES string of the molecule is Cc1cc(C)n(-c2cccc(NC(=O)c3cnn(C)c3-n3c(C)ccc3C)c2)n1. The average Bonchev–Trinajstić information content (AvgIpc) is 3.32. The monoisotopic (exact) mass is 388 g/mol. The predicted molar refractivity (Wildman–Crippen MR) is 113 cm³/mol. The number of rotatable bonds is 4. The molecule has 0 saturated carbocycles. The van der Waals surface area contributed by atoms with Crippen LogP contribution in [0.25, 0.3) is 11.5 Å². The molecule has 3 aromatic heterocycles. The number of aromatic nitrogens is 5. The Kier molecular flexibility index (Phi) is 4.58. The standard InChI is InChI=1S/C22H24N6O/c1-14-11-17(4)28(25-14)19-8-6-7-18(12-19)24-21(29)20-13-23-26(5)22(20)27-15(2)9-10-16(27)3/h6-13H,1-5H3,(H,24,29). The van der Waals surface area contributed by atoms with Crippen LogP contribution in [0.4, 0.5) is 5.69 Å². The Balaban J connectivity index is 1.67. The number of hydrogen-bond donors (Lipinski definition) is 1. The average molecular weight is 388 g/mol. The summed E-state index contributed by atoms with van der Waals surface area (Å²) in [5.41, 5.74) is 6.21. The van der Waals surface area contributed by atoms with E-state index in [9.17, 15) is 4.79 Å². The molecular formula is C22H24N6O. The second kappa shape index (κ2) is 7.09. The summed E-state index contributed by atoms with van der Waals surface area (Å²) < 4.78 is 5.63. The van der Waals surface area contributed by atoms with Gasteiger partial charge in [0.2, 0.25) is 0 Å². The van der Waals surface area contributed by atoms with Gasteiger partial charge in [0.1, 0.15) is 11.4 Å². The van der Waals surface area contributed by atoms with Crippen LogP contribution in [-0.2, 0) is 7.05 Å². The molecule has 29 heavy (non-hydrogen) atoms. The molecule has 4 aromatic rings. The first-order valence-electron chi connectivity index (χ1n) is 9.47. The van der Waals surface area contributed by atoms with Crippen molar-refractivity contribution < 1.29 is 4.79 Å². The number of carbonyl (C=O) groups excluding carboxylic acids is 1. The van der Waals surface area contributed by atoms with Gasteiger partial charge in [-0.15, -0.1) is 0 Å². The summed E-state index contributed by atoms with van der Waals surface area (Å²) in [6.07, 6.45) is 1.61. The van der Waals surface area contributed by atoms with Gasteiger partial charge < -0.3 is 9.88 Å². The van der Waals surface area contributed by atoms with Gasteiger partial charge in [-0.3, -0.25) is 9.48 Å². The third-order valence-electron chi connectivity index (χ3n) is 4.99. The second-order valence-corrected chi connectivity index (χ2v) is 7.30. The number of anilines is 1. The molecule has 1 aromatic carbocycles. The van der Waals surface area contributed by atoms with Gasteiger partial charge in [0.15, 0.2) is 0 Å². The smallest absolute Gasteiger partial charge is 0.261 e. The predicted octanol–water partition coefficient (Wildman–Crippen LogP) is 3.88. The molecule has 1 amide bonds. The zero-order valence-corrected chi connectivity index (χ0v) is 17.3. The molecule has 0 aliphatic heterocycles. The van der Waals surface area contributed by atoms with Gasteiger partial charge in [-0.25, -0.2) is 4.68 Å². The summed E-state index contributed by atoms with van der Waals surface area (Å²) in [4.78, 5) is 13.1. The van der Waals surface area contributed by atoms with E-state index in [-0.39, 0.29) is 5.91 Å². The number of benzene rings is 1. The number of nitrogens with one attached hydrogen (secondary N) is 1. The summed E-state index contributed by atoms with van der Waals surface area (Å²) >= 11 is 0. The van der Waals surface area contributed by atoms with Crippen molar-refractivity contribution in [1.29, 1.82) is 0 Å². The van der Waals surface area contributed by atoms with E-state index < -0.39 is 0 Å². The van der Waals surface area contributed by atoms with Crippen LogP contribution in [0.1, 0.15) is 33.1 Å². The lowest BCUT2D eigenvalue weighted by Crippen LogP contribution is -2.16. The van der Waals surface area contributed by atoms with Gasteiger partial charge in [0, 0.05) is 29.8 Å². The molecule has 0 atom stereocenters. The lowest BCUT2D eigenvalue weighted by atomic mass is 10.2. The topological polar surface area (TPSA) is 69.7 Å². The highest BCUT2D eigenvalue weighted by Crippen LogP contribution is 2.22. The van der Waals surface area contributed by atoms with Crippen LogP contribution >= 0.6 is 0 Å². The molecule has 3 heterocycles. The van der Waals surface area contributed by atoms with E-state index in [1.165, 1.54) is 0 Å². The third kappa shape index (κ3) is 3.35. The Morgan fingerprint density at radius 3 is 2.34 bits per heavy atom. The fraction of sp³-hybridized carbons (Fsp3) is 0.227. The molecule has 7 heteroatoms. The minimum absolute atomic E-state index is 0.203. The molecule has 0 aliphatic rings. The van der Waals surface area contributed by atoms with Crippen LogP contribution in [0.3, 0.4) is 0 Å². The molecule has 0 bridgehead atoms. The van der Waals surface area contributed by atoms with Crippen molar-refractivity contribution in [2.75, 3.05) is 5.32 Å². The molecule has 0 radical (unpaired) electrons. The van der Waals surface area contributed by atoms with Crippen LogP contribution in [0.15, 0.2) is 48.7 Å². The van der Waals surface area contributed by atoms with Crippen molar-refractivity contribution in [2.24, 2.45) is 7.05 Å². The highest BCUT2D eigenvalue weighted by molar-refractivity contribution is 6.06. The molecule has 7 nitrogen and oxygen atoms in total. The van der Waals surface area contributed by atoms with Crippen molar-refractivity contribution in [2.45, 2.75) is 27.7 Å². The number of carbonyl (C=O) groups is 1. The number of aryl methyl sites for hydroxylation is 5. The van der Waals surface area contributed by atoms with E-state index in [0.29, 0.717) is 11.3 Å². The van der Waals surface area contributed by atoms with Crippen molar-refractivity contribution in [3.8, 4) is 11.5 Å². The molecular weight excluding hydrogens is 364 g/mol. The lowest BCUT2D eigenvalue weighted by molar-refractivity contribution is 0.102. The first-order chi connectivity index (χ1) is 13.8. The Morgan fingerprint density at radius 2 is 1.69 bits per heavy atom. The van der Waals surface area contributed by atoms with Gasteiger partial charge in [-0.2, -0.15) is 10.2 Å². The van der Waals surface area contributed by atoms with Crippen molar-refractivity contribution in [3.63, 3.8) is 0 Å². The second-order valence-electron chi connectivity index (χ2n) is 7.30. The molecule has 148 valence electrons. The zero-order chi connectivity index (χ0) is 20.7. The fourth-order valence-electron chi connectivity index (χ4n) is 3.66. The minimum Gasteiger partial charge on any atom is -0.322 e.